The first-order valence-electron chi connectivity index (χ1n) is 6.61. The Labute approximate surface area is 119 Å². The molecular weight excluding hydrogens is 254 g/mol. The summed E-state index contributed by atoms with van der Waals surface area (Å²) in [5.74, 6) is 0. The molecule has 0 amide bonds. The summed E-state index contributed by atoms with van der Waals surface area (Å²) in [5, 5.41) is 3.39. The SMILES string of the molecule is COC(OC)C(C)NCc1ccc(-n2ccnc2)cc1. The molecule has 108 valence electrons. The number of aromatic nitrogens is 2. The lowest BCUT2D eigenvalue weighted by molar-refractivity contribution is -0.119. The Hall–Kier alpha value is -1.69. The quantitative estimate of drug-likeness (QED) is 0.785. The van der Waals surface area contributed by atoms with Gasteiger partial charge in [0.25, 0.3) is 0 Å². The van der Waals surface area contributed by atoms with Crippen LogP contribution in [0.4, 0.5) is 0 Å². The number of hydrogen-bond donors (Lipinski definition) is 1. The van der Waals surface area contributed by atoms with Crippen molar-refractivity contribution in [2.24, 2.45) is 0 Å². The van der Waals surface area contributed by atoms with E-state index in [0.29, 0.717) is 0 Å². The first-order chi connectivity index (χ1) is 9.74. The molecule has 2 rings (SSSR count). The van der Waals surface area contributed by atoms with Crippen LogP contribution in [0.5, 0.6) is 0 Å². The van der Waals surface area contributed by atoms with Gasteiger partial charge in [0.1, 0.15) is 0 Å². The minimum Gasteiger partial charge on any atom is -0.354 e. The molecule has 5 nitrogen and oxygen atoms in total. The summed E-state index contributed by atoms with van der Waals surface area (Å²) < 4.78 is 12.4. The van der Waals surface area contributed by atoms with E-state index in [-0.39, 0.29) is 12.3 Å². The van der Waals surface area contributed by atoms with Crippen molar-refractivity contribution in [2.75, 3.05) is 14.2 Å². The number of methoxy groups -OCH3 is 2. The number of benzene rings is 1. The Morgan fingerprint density at radius 1 is 1.20 bits per heavy atom. The van der Waals surface area contributed by atoms with Crippen LogP contribution in [0.2, 0.25) is 0 Å². The van der Waals surface area contributed by atoms with Crippen molar-refractivity contribution < 1.29 is 9.47 Å². The predicted molar refractivity (Wildman–Crippen MR) is 77.7 cm³/mol. The first kappa shape index (κ1) is 14.7. The molecular formula is C15H21N3O2. The van der Waals surface area contributed by atoms with E-state index in [0.717, 1.165) is 12.2 Å². The zero-order valence-electron chi connectivity index (χ0n) is 12.1. The Balaban J connectivity index is 1.91. The van der Waals surface area contributed by atoms with E-state index in [2.05, 4.69) is 34.6 Å². The van der Waals surface area contributed by atoms with Crippen molar-refractivity contribution in [3.05, 3.63) is 48.5 Å². The van der Waals surface area contributed by atoms with Crippen LogP contribution in [-0.2, 0) is 16.0 Å². The molecule has 0 bridgehead atoms. The Bertz CT molecular complexity index is 492. The number of imidazole rings is 1. The third-order valence-electron chi connectivity index (χ3n) is 3.24. The topological polar surface area (TPSA) is 48.3 Å². The van der Waals surface area contributed by atoms with E-state index >= 15 is 0 Å². The van der Waals surface area contributed by atoms with E-state index < -0.39 is 0 Å². The fraction of sp³-hybridized carbons (Fsp3) is 0.400. The molecule has 1 unspecified atom stereocenters. The van der Waals surface area contributed by atoms with E-state index in [4.69, 9.17) is 9.47 Å². The van der Waals surface area contributed by atoms with Crippen molar-refractivity contribution in [2.45, 2.75) is 25.8 Å². The average molecular weight is 275 g/mol. The summed E-state index contributed by atoms with van der Waals surface area (Å²) in [5.41, 5.74) is 2.32. The molecule has 0 aliphatic rings. The molecule has 1 aromatic carbocycles. The molecule has 0 radical (unpaired) electrons. The van der Waals surface area contributed by atoms with Crippen LogP contribution in [0.1, 0.15) is 12.5 Å². The van der Waals surface area contributed by atoms with Gasteiger partial charge in [0, 0.05) is 38.8 Å². The highest BCUT2D eigenvalue weighted by Crippen LogP contribution is 2.09. The lowest BCUT2D eigenvalue weighted by Gasteiger charge is -2.22. The third kappa shape index (κ3) is 3.66. The fourth-order valence-electron chi connectivity index (χ4n) is 2.08. The zero-order valence-corrected chi connectivity index (χ0v) is 12.1. The van der Waals surface area contributed by atoms with Crippen molar-refractivity contribution in [1.82, 2.24) is 14.9 Å². The van der Waals surface area contributed by atoms with Crippen LogP contribution in [0.25, 0.3) is 5.69 Å². The van der Waals surface area contributed by atoms with Crippen LogP contribution in [0, 0.1) is 0 Å². The molecule has 1 aromatic heterocycles. The van der Waals surface area contributed by atoms with Crippen molar-refractivity contribution in [1.29, 1.82) is 0 Å². The van der Waals surface area contributed by atoms with Gasteiger partial charge < -0.3 is 19.4 Å². The molecule has 1 N–H and O–H groups in total. The van der Waals surface area contributed by atoms with E-state index in [1.165, 1.54) is 5.56 Å². The van der Waals surface area contributed by atoms with Crippen LogP contribution in [-0.4, -0.2) is 36.1 Å². The molecule has 1 atom stereocenters. The maximum Gasteiger partial charge on any atom is 0.171 e. The monoisotopic (exact) mass is 275 g/mol. The maximum atomic E-state index is 5.22. The predicted octanol–water partition coefficient (Wildman–Crippen LogP) is 1.97. The number of nitrogens with zero attached hydrogens (tertiary/aromatic N) is 2. The third-order valence-corrected chi connectivity index (χ3v) is 3.24. The minimum atomic E-state index is -0.236. The standard InChI is InChI=1S/C15H21N3O2/c1-12(15(19-2)20-3)17-10-13-4-6-14(7-5-13)18-9-8-16-11-18/h4-9,11-12,15,17H,10H2,1-3H3. The minimum absolute atomic E-state index is 0.123. The van der Waals surface area contributed by atoms with Gasteiger partial charge >= 0.3 is 0 Å². The molecule has 0 fully saturated rings. The molecule has 2 aromatic rings. The van der Waals surface area contributed by atoms with Gasteiger partial charge in [0.15, 0.2) is 6.29 Å². The Kier molecular flexibility index (Phi) is 5.29. The zero-order chi connectivity index (χ0) is 14.4. The van der Waals surface area contributed by atoms with Gasteiger partial charge in [-0.25, -0.2) is 4.98 Å². The largest absolute Gasteiger partial charge is 0.354 e. The second-order valence-electron chi connectivity index (χ2n) is 4.65. The van der Waals surface area contributed by atoms with Gasteiger partial charge in [-0.05, 0) is 24.6 Å². The highest BCUT2D eigenvalue weighted by atomic mass is 16.7. The number of nitrogens with one attached hydrogen (secondary N) is 1. The average Bonchev–Trinajstić information content (AvgIpc) is 3.01. The van der Waals surface area contributed by atoms with Gasteiger partial charge in [-0.15, -0.1) is 0 Å². The second kappa shape index (κ2) is 7.19. The van der Waals surface area contributed by atoms with Crippen LogP contribution >= 0.6 is 0 Å². The highest BCUT2D eigenvalue weighted by molar-refractivity contribution is 5.34. The molecule has 0 spiro atoms. The fourth-order valence-corrected chi connectivity index (χ4v) is 2.08. The Morgan fingerprint density at radius 3 is 2.45 bits per heavy atom. The van der Waals surface area contributed by atoms with Crippen molar-refractivity contribution in [3.63, 3.8) is 0 Å². The molecule has 0 saturated carbocycles. The van der Waals surface area contributed by atoms with E-state index in [1.54, 1.807) is 26.7 Å². The second-order valence-corrected chi connectivity index (χ2v) is 4.65. The molecule has 0 saturated heterocycles. The maximum absolute atomic E-state index is 5.22. The van der Waals surface area contributed by atoms with Gasteiger partial charge in [0.2, 0.25) is 0 Å². The summed E-state index contributed by atoms with van der Waals surface area (Å²) in [7, 11) is 3.29. The molecule has 1 heterocycles. The van der Waals surface area contributed by atoms with Gasteiger partial charge in [-0.1, -0.05) is 12.1 Å². The van der Waals surface area contributed by atoms with E-state index in [9.17, 15) is 0 Å². The van der Waals surface area contributed by atoms with Gasteiger partial charge in [0.05, 0.1) is 12.4 Å². The highest BCUT2D eigenvalue weighted by Gasteiger charge is 2.14. The summed E-state index contributed by atoms with van der Waals surface area (Å²) in [4.78, 5) is 4.04. The Morgan fingerprint density at radius 2 is 1.90 bits per heavy atom. The molecule has 5 heteroatoms. The summed E-state index contributed by atoms with van der Waals surface area (Å²) in [6.45, 7) is 2.81. The van der Waals surface area contributed by atoms with Crippen LogP contribution in [0.15, 0.2) is 43.0 Å². The number of hydrogen-bond acceptors (Lipinski definition) is 4. The summed E-state index contributed by atoms with van der Waals surface area (Å²) in [6.07, 6.45) is 5.25. The molecule has 0 aliphatic carbocycles. The normalized spacial score (nSPS) is 12.8. The van der Waals surface area contributed by atoms with E-state index in [1.807, 2.05) is 17.7 Å². The van der Waals surface area contributed by atoms with Crippen LogP contribution in [0.3, 0.4) is 0 Å². The number of rotatable bonds is 7. The lowest BCUT2D eigenvalue weighted by Crippen LogP contribution is -2.39. The summed E-state index contributed by atoms with van der Waals surface area (Å²) >= 11 is 0. The smallest absolute Gasteiger partial charge is 0.171 e. The molecule has 20 heavy (non-hydrogen) atoms. The number of ether oxygens (including phenoxy) is 2. The first-order valence-corrected chi connectivity index (χ1v) is 6.61. The van der Waals surface area contributed by atoms with Gasteiger partial charge in [-0.3, -0.25) is 0 Å². The van der Waals surface area contributed by atoms with Gasteiger partial charge in [-0.2, -0.15) is 0 Å². The van der Waals surface area contributed by atoms with Crippen molar-refractivity contribution in [3.8, 4) is 5.69 Å². The van der Waals surface area contributed by atoms with Crippen molar-refractivity contribution >= 4 is 0 Å². The van der Waals surface area contributed by atoms with Crippen LogP contribution < -0.4 is 5.32 Å². The lowest BCUT2D eigenvalue weighted by atomic mass is 10.2. The summed E-state index contributed by atoms with van der Waals surface area (Å²) in [6, 6.07) is 8.48. The molecule has 0 aliphatic heterocycles.